The van der Waals surface area contributed by atoms with E-state index in [9.17, 15) is 0 Å². The lowest BCUT2D eigenvalue weighted by Crippen LogP contribution is -2.07. The summed E-state index contributed by atoms with van der Waals surface area (Å²) in [4.78, 5) is 0. The van der Waals surface area contributed by atoms with Crippen molar-refractivity contribution in [3.8, 4) is 5.75 Å². The molecule has 18 heavy (non-hydrogen) atoms. The predicted octanol–water partition coefficient (Wildman–Crippen LogP) is 4.55. The van der Waals surface area contributed by atoms with Crippen molar-refractivity contribution in [2.45, 2.75) is 25.1 Å². The van der Waals surface area contributed by atoms with Gasteiger partial charge >= 0.3 is 0 Å². The number of alkyl halides is 1. The Morgan fingerprint density at radius 1 is 1.56 bits per heavy atom. The highest BCUT2D eigenvalue weighted by atomic mass is 79.9. The smallest absolute Gasteiger partial charge is 0.133 e. The Labute approximate surface area is 122 Å². The summed E-state index contributed by atoms with van der Waals surface area (Å²) >= 11 is 10.0. The minimum absolute atomic E-state index is 0.0176. The fourth-order valence-electron chi connectivity index (χ4n) is 2.07. The molecule has 0 saturated carbocycles. The van der Waals surface area contributed by atoms with E-state index in [-0.39, 0.29) is 5.38 Å². The summed E-state index contributed by atoms with van der Waals surface area (Å²) < 4.78 is 12.0. The molecule has 1 aliphatic heterocycles. The minimum atomic E-state index is 0.0176. The van der Waals surface area contributed by atoms with Crippen molar-refractivity contribution in [2.75, 3.05) is 19.8 Å². The lowest BCUT2D eigenvalue weighted by Gasteiger charge is -2.17. The van der Waals surface area contributed by atoms with Gasteiger partial charge in [-0.15, -0.1) is 11.6 Å². The summed E-state index contributed by atoms with van der Waals surface area (Å²) in [6.45, 7) is 4.42. The molecule has 2 rings (SSSR count). The number of ether oxygens (including phenoxy) is 2. The second-order valence-electron chi connectivity index (χ2n) is 4.56. The Morgan fingerprint density at radius 2 is 2.39 bits per heavy atom. The average molecular weight is 334 g/mol. The zero-order valence-corrected chi connectivity index (χ0v) is 12.8. The van der Waals surface area contributed by atoms with Crippen LogP contribution in [-0.2, 0) is 4.74 Å². The molecule has 100 valence electrons. The summed E-state index contributed by atoms with van der Waals surface area (Å²) in [7, 11) is 0. The molecule has 0 aliphatic carbocycles. The molecule has 2 atom stereocenters. The lowest BCUT2D eigenvalue weighted by atomic mass is 9.98. The normalized spacial score (nSPS) is 20.9. The maximum Gasteiger partial charge on any atom is 0.133 e. The van der Waals surface area contributed by atoms with E-state index >= 15 is 0 Å². The monoisotopic (exact) mass is 332 g/mol. The fraction of sp³-hybridized carbons (Fsp3) is 0.571. The topological polar surface area (TPSA) is 18.5 Å². The summed E-state index contributed by atoms with van der Waals surface area (Å²) in [5, 5.41) is 0.0176. The van der Waals surface area contributed by atoms with Gasteiger partial charge in [-0.05, 0) is 46.5 Å². The fourth-order valence-corrected chi connectivity index (χ4v) is 2.92. The Morgan fingerprint density at radius 3 is 3.00 bits per heavy atom. The van der Waals surface area contributed by atoms with Crippen LogP contribution in [0.5, 0.6) is 5.75 Å². The molecule has 1 saturated heterocycles. The lowest BCUT2D eigenvalue weighted by molar-refractivity contribution is 0.185. The molecule has 4 heteroatoms. The van der Waals surface area contributed by atoms with E-state index in [0.717, 1.165) is 48.4 Å². The molecule has 0 spiro atoms. The van der Waals surface area contributed by atoms with Crippen LogP contribution in [0.4, 0.5) is 0 Å². The average Bonchev–Trinajstić information content (AvgIpc) is 2.90. The predicted molar refractivity (Wildman–Crippen MR) is 77.4 cm³/mol. The van der Waals surface area contributed by atoms with Crippen molar-refractivity contribution < 1.29 is 9.47 Å². The molecule has 1 fully saturated rings. The molecule has 0 aromatic heterocycles. The van der Waals surface area contributed by atoms with Crippen molar-refractivity contribution in [2.24, 2.45) is 5.92 Å². The van der Waals surface area contributed by atoms with Crippen LogP contribution in [0, 0.1) is 5.92 Å². The van der Waals surface area contributed by atoms with E-state index < -0.39 is 0 Å². The number of rotatable bonds is 5. The molecular weight excluding hydrogens is 316 g/mol. The molecule has 0 amide bonds. The van der Waals surface area contributed by atoms with Gasteiger partial charge in [0.15, 0.2) is 0 Å². The van der Waals surface area contributed by atoms with Crippen LogP contribution in [0.3, 0.4) is 0 Å². The van der Waals surface area contributed by atoms with Gasteiger partial charge in [-0.3, -0.25) is 0 Å². The first-order valence-electron chi connectivity index (χ1n) is 6.36. The number of benzene rings is 1. The van der Waals surface area contributed by atoms with Crippen LogP contribution in [0.1, 0.15) is 30.7 Å². The second-order valence-corrected chi connectivity index (χ2v) is 5.89. The van der Waals surface area contributed by atoms with Gasteiger partial charge < -0.3 is 9.47 Å². The Hall–Kier alpha value is -0.250. The van der Waals surface area contributed by atoms with Crippen molar-refractivity contribution in [3.05, 3.63) is 28.2 Å². The zero-order chi connectivity index (χ0) is 13.0. The highest BCUT2D eigenvalue weighted by Crippen LogP contribution is 2.37. The van der Waals surface area contributed by atoms with E-state index in [0.29, 0.717) is 5.92 Å². The van der Waals surface area contributed by atoms with E-state index in [1.165, 1.54) is 0 Å². The van der Waals surface area contributed by atoms with Gasteiger partial charge in [-0.1, -0.05) is 13.0 Å². The SMILES string of the molecule is CCCOc1ccc(C(Cl)C2CCOC2)cc1Br. The molecule has 1 aliphatic rings. The van der Waals surface area contributed by atoms with Crippen LogP contribution in [0.15, 0.2) is 22.7 Å². The molecule has 0 radical (unpaired) electrons. The zero-order valence-electron chi connectivity index (χ0n) is 10.5. The highest BCUT2D eigenvalue weighted by Gasteiger charge is 2.25. The van der Waals surface area contributed by atoms with Crippen molar-refractivity contribution in [1.82, 2.24) is 0 Å². The molecule has 1 aromatic carbocycles. The molecule has 1 heterocycles. The van der Waals surface area contributed by atoms with Gasteiger partial charge in [0.25, 0.3) is 0 Å². The molecule has 0 bridgehead atoms. The van der Waals surface area contributed by atoms with Crippen molar-refractivity contribution >= 4 is 27.5 Å². The molecule has 2 unspecified atom stereocenters. The van der Waals surface area contributed by atoms with E-state index in [1.54, 1.807) is 0 Å². The largest absolute Gasteiger partial charge is 0.492 e. The Bertz CT molecular complexity index is 391. The van der Waals surface area contributed by atoms with Crippen LogP contribution in [0.25, 0.3) is 0 Å². The van der Waals surface area contributed by atoms with Gasteiger partial charge in [-0.25, -0.2) is 0 Å². The first kappa shape index (κ1) is 14.2. The van der Waals surface area contributed by atoms with Gasteiger partial charge in [0.2, 0.25) is 0 Å². The Kier molecular flexibility index (Phi) is 5.34. The van der Waals surface area contributed by atoms with Crippen LogP contribution >= 0.6 is 27.5 Å². The van der Waals surface area contributed by atoms with Crippen LogP contribution in [-0.4, -0.2) is 19.8 Å². The quantitative estimate of drug-likeness (QED) is 0.736. The molecule has 2 nitrogen and oxygen atoms in total. The van der Waals surface area contributed by atoms with Gasteiger partial charge in [0, 0.05) is 12.5 Å². The maximum absolute atomic E-state index is 6.50. The Balaban J connectivity index is 2.07. The van der Waals surface area contributed by atoms with Gasteiger partial charge in [0.05, 0.1) is 23.1 Å². The molecular formula is C14H18BrClO2. The highest BCUT2D eigenvalue weighted by molar-refractivity contribution is 9.10. The van der Waals surface area contributed by atoms with Gasteiger partial charge in [-0.2, -0.15) is 0 Å². The third-order valence-corrected chi connectivity index (χ3v) is 4.34. The van der Waals surface area contributed by atoms with E-state index in [4.69, 9.17) is 21.1 Å². The van der Waals surface area contributed by atoms with E-state index in [2.05, 4.69) is 28.9 Å². The molecule has 1 aromatic rings. The number of hydrogen-bond acceptors (Lipinski definition) is 2. The number of hydrogen-bond donors (Lipinski definition) is 0. The van der Waals surface area contributed by atoms with Gasteiger partial charge in [0.1, 0.15) is 5.75 Å². The summed E-state index contributed by atoms with van der Waals surface area (Å²) in [5.41, 5.74) is 1.13. The van der Waals surface area contributed by atoms with Crippen LogP contribution < -0.4 is 4.74 Å². The van der Waals surface area contributed by atoms with E-state index in [1.807, 2.05) is 12.1 Å². The summed E-state index contributed by atoms with van der Waals surface area (Å²) in [5.74, 6) is 1.30. The third-order valence-electron chi connectivity index (χ3n) is 3.11. The minimum Gasteiger partial charge on any atom is -0.492 e. The molecule has 0 N–H and O–H groups in total. The maximum atomic E-state index is 6.50. The van der Waals surface area contributed by atoms with Crippen molar-refractivity contribution in [3.63, 3.8) is 0 Å². The first-order valence-corrected chi connectivity index (χ1v) is 7.59. The first-order chi connectivity index (χ1) is 8.72. The number of halogens is 2. The van der Waals surface area contributed by atoms with Crippen molar-refractivity contribution in [1.29, 1.82) is 0 Å². The second kappa shape index (κ2) is 6.78. The summed E-state index contributed by atoms with van der Waals surface area (Å²) in [6.07, 6.45) is 2.05. The standard InChI is InChI=1S/C14H18BrClO2/c1-2-6-18-13-4-3-10(8-12(13)15)14(16)11-5-7-17-9-11/h3-4,8,11,14H,2,5-7,9H2,1H3. The third kappa shape index (κ3) is 3.40. The summed E-state index contributed by atoms with van der Waals surface area (Å²) in [6, 6.07) is 6.09. The van der Waals surface area contributed by atoms with Crippen LogP contribution in [0.2, 0.25) is 0 Å².